The van der Waals surface area contributed by atoms with Gasteiger partial charge in [0, 0.05) is 5.88 Å². The lowest BCUT2D eigenvalue weighted by atomic mass is 10.2. The second kappa shape index (κ2) is 6.31. The van der Waals surface area contributed by atoms with Crippen LogP contribution < -0.4 is 9.47 Å². The van der Waals surface area contributed by atoms with Crippen molar-refractivity contribution >= 4 is 11.6 Å². The SMILES string of the molecule is CCOc1ccc(Oc2cccc(CCl)c2)cc1. The summed E-state index contributed by atoms with van der Waals surface area (Å²) < 4.78 is 11.1. The van der Waals surface area contributed by atoms with E-state index in [9.17, 15) is 0 Å². The van der Waals surface area contributed by atoms with Crippen LogP contribution in [0.15, 0.2) is 48.5 Å². The molecule has 18 heavy (non-hydrogen) atoms. The molecule has 0 N–H and O–H groups in total. The third-order valence-corrected chi connectivity index (χ3v) is 2.73. The van der Waals surface area contributed by atoms with E-state index in [0.29, 0.717) is 12.5 Å². The zero-order valence-corrected chi connectivity index (χ0v) is 11.0. The monoisotopic (exact) mass is 262 g/mol. The second-order valence-corrected chi connectivity index (χ2v) is 4.05. The van der Waals surface area contributed by atoms with Crippen molar-refractivity contribution in [2.24, 2.45) is 0 Å². The largest absolute Gasteiger partial charge is 0.494 e. The summed E-state index contributed by atoms with van der Waals surface area (Å²) >= 11 is 5.79. The van der Waals surface area contributed by atoms with E-state index < -0.39 is 0 Å². The van der Waals surface area contributed by atoms with Gasteiger partial charge in [-0.15, -0.1) is 11.6 Å². The van der Waals surface area contributed by atoms with E-state index >= 15 is 0 Å². The van der Waals surface area contributed by atoms with E-state index in [-0.39, 0.29) is 0 Å². The number of alkyl halides is 1. The summed E-state index contributed by atoms with van der Waals surface area (Å²) in [4.78, 5) is 0. The summed E-state index contributed by atoms with van der Waals surface area (Å²) in [5.41, 5.74) is 1.04. The normalized spacial score (nSPS) is 10.1. The van der Waals surface area contributed by atoms with E-state index in [2.05, 4.69) is 0 Å². The summed E-state index contributed by atoms with van der Waals surface area (Å²) in [6.07, 6.45) is 0. The molecule has 94 valence electrons. The molecule has 2 rings (SSSR count). The van der Waals surface area contributed by atoms with Gasteiger partial charge in [0.15, 0.2) is 0 Å². The highest BCUT2D eigenvalue weighted by atomic mass is 35.5. The first-order valence-electron chi connectivity index (χ1n) is 5.87. The molecule has 3 heteroatoms. The van der Waals surface area contributed by atoms with Crippen molar-refractivity contribution in [1.29, 1.82) is 0 Å². The first-order chi connectivity index (χ1) is 8.81. The minimum atomic E-state index is 0.487. The predicted octanol–water partition coefficient (Wildman–Crippen LogP) is 4.62. The summed E-state index contributed by atoms with van der Waals surface area (Å²) in [5, 5.41) is 0. The van der Waals surface area contributed by atoms with Gasteiger partial charge in [0.2, 0.25) is 0 Å². The molecule has 0 heterocycles. The van der Waals surface area contributed by atoms with E-state index in [0.717, 1.165) is 22.8 Å². The Morgan fingerprint density at radius 3 is 2.33 bits per heavy atom. The van der Waals surface area contributed by atoms with Crippen molar-refractivity contribution < 1.29 is 9.47 Å². The molecule has 2 aromatic carbocycles. The van der Waals surface area contributed by atoms with Gasteiger partial charge in [-0.3, -0.25) is 0 Å². The van der Waals surface area contributed by atoms with Crippen molar-refractivity contribution in [1.82, 2.24) is 0 Å². The third kappa shape index (κ3) is 3.41. The predicted molar refractivity (Wildman–Crippen MR) is 73.7 cm³/mol. The number of rotatable bonds is 5. The van der Waals surface area contributed by atoms with Crippen LogP contribution in [0.4, 0.5) is 0 Å². The van der Waals surface area contributed by atoms with Gasteiger partial charge in [-0.05, 0) is 48.9 Å². The van der Waals surface area contributed by atoms with Crippen LogP contribution in [0, 0.1) is 0 Å². The van der Waals surface area contributed by atoms with Crippen LogP contribution in [0.5, 0.6) is 17.2 Å². The van der Waals surface area contributed by atoms with Gasteiger partial charge in [0.25, 0.3) is 0 Å². The maximum absolute atomic E-state index is 5.79. The molecule has 0 atom stereocenters. The Morgan fingerprint density at radius 1 is 0.944 bits per heavy atom. The molecule has 0 saturated carbocycles. The molecule has 0 aliphatic heterocycles. The Morgan fingerprint density at radius 2 is 1.67 bits per heavy atom. The van der Waals surface area contributed by atoms with Crippen molar-refractivity contribution in [3.63, 3.8) is 0 Å². The Labute approximate surface area is 112 Å². The molecule has 0 aliphatic rings. The van der Waals surface area contributed by atoms with Crippen LogP contribution in [0.3, 0.4) is 0 Å². The zero-order chi connectivity index (χ0) is 12.8. The molecule has 0 bridgehead atoms. The fraction of sp³-hybridized carbons (Fsp3) is 0.200. The van der Waals surface area contributed by atoms with Crippen LogP contribution in [0.2, 0.25) is 0 Å². The number of benzene rings is 2. The molecule has 0 fully saturated rings. The summed E-state index contributed by atoms with van der Waals surface area (Å²) in [5.74, 6) is 2.90. The highest BCUT2D eigenvalue weighted by molar-refractivity contribution is 6.17. The highest BCUT2D eigenvalue weighted by Gasteiger charge is 1.99. The van der Waals surface area contributed by atoms with Crippen LogP contribution in [-0.2, 0) is 5.88 Å². The Bertz CT molecular complexity index is 494. The molecule has 0 amide bonds. The number of ether oxygens (including phenoxy) is 2. The van der Waals surface area contributed by atoms with Crippen molar-refractivity contribution in [2.75, 3.05) is 6.61 Å². The molecular formula is C15H15ClO2. The van der Waals surface area contributed by atoms with Gasteiger partial charge in [0.1, 0.15) is 17.2 Å². The summed E-state index contributed by atoms with van der Waals surface area (Å²) in [6, 6.07) is 15.3. The van der Waals surface area contributed by atoms with Gasteiger partial charge >= 0.3 is 0 Å². The van der Waals surface area contributed by atoms with Crippen LogP contribution in [0.25, 0.3) is 0 Å². The molecule has 2 aromatic rings. The molecule has 0 unspecified atom stereocenters. The quantitative estimate of drug-likeness (QED) is 0.732. The van der Waals surface area contributed by atoms with Crippen molar-refractivity contribution in [3.05, 3.63) is 54.1 Å². The number of hydrogen-bond donors (Lipinski definition) is 0. The molecular weight excluding hydrogens is 248 g/mol. The van der Waals surface area contributed by atoms with E-state index in [1.54, 1.807) is 0 Å². The van der Waals surface area contributed by atoms with Crippen molar-refractivity contribution in [2.45, 2.75) is 12.8 Å². The van der Waals surface area contributed by atoms with E-state index in [1.165, 1.54) is 0 Å². The molecule has 0 saturated heterocycles. The van der Waals surface area contributed by atoms with Crippen molar-refractivity contribution in [3.8, 4) is 17.2 Å². The Kier molecular flexibility index (Phi) is 4.48. The molecule has 2 nitrogen and oxygen atoms in total. The smallest absolute Gasteiger partial charge is 0.127 e. The Hall–Kier alpha value is -1.67. The molecule has 0 radical (unpaired) electrons. The van der Waals surface area contributed by atoms with E-state index in [4.69, 9.17) is 21.1 Å². The first-order valence-corrected chi connectivity index (χ1v) is 6.41. The van der Waals surface area contributed by atoms with Crippen LogP contribution >= 0.6 is 11.6 Å². The second-order valence-electron chi connectivity index (χ2n) is 3.79. The zero-order valence-electron chi connectivity index (χ0n) is 10.2. The Balaban J connectivity index is 2.08. The minimum Gasteiger partial charge on any atom is -0.494 e. The lowest BCUT2D eigenvalue weighted by Gasteiger charge is -2.08. The summed E-state index contributed by atoms with van der Waals surface area (Å²) in [7, 11) is 0. The van der Waals surface area contributed by atoms with Gasteiger partial charge in [-0.25, -0.2) is 0 Å². The maximum atomic E-state index is 5.79. The first kappa shape index (κ1) is 12.8. The van der Waals surface area contributed by atoms with Crippen LogP contribution in [0.1, 0.15) is 12.5 Å². The topological polar surface area (TPSA) is 18.5 Å². The fourth-order valence-corrected chi connectivity index (χ4v) is 1.77. The van der Waals surface area contributed by atoms with Gasteiger partial charge in [-0.1, -0.05) is 12.1 Å². The van der Waals surface area contributed by atoms with E-state index in [1.807, 2.05) is 55.5 Å². The standard InChI is InChI=1S/C15H15ClO2/c1-2-17-13-6-8-14(9-7-13)18-15-5-3-4-12(10-15)11-16/h3-10H,2,11H2,1H3. The molecule has 0 aliphatic carbocycles. The number of hydrogen-bond acceptors (Lipinski definition) is 2. The molecule has 0 spiro atoms. The average molecular weight is 263 g/mol. The summed E-state index contributed by atoms with van der Waals surface area (Å²) in [6.45, 7) is 2.63. The van der Waals surface area contributed by atoms with Crippen LogP contribution in [-0.4, -0.2) is 6.61 Å². The fourth-order valence-electron chi connectivity index (χ4n) is 1.60. The molecule has 0 aromatic heterocycles. The third-order valence-electron chi connectivity index (χ3n) is 2.42. The lowest BCUT2D eigenvalue weighted by Crippen LogP contribution is -1.91. The van der Waals surface area contributed by atoms with Gasteiger partial charge in [-0.2, -0.15) is 0 Å². The number of halogens is 1. The lowest BCUT2D eigenvalue weighted by molar-refractivity contribution is 0.339. The van der Waals surface area contributed by atoms with Gasteiger partial charge in [0.05, 0.1) is 6.61 Å². The highest BCUT2D eigenvalue weighted by Crippen LogP contribution is 2.24. The average Bonchev–Trinajstić information content (AvgIpc) is 2.42. The minimum absolute atomic E-state index is 0.487. The maximum Gasteiger partial charge on any atom is 0.127 e. The van der Waals surface area contributed by atoms with Gasteiger partial charge < -0.3 is 9.47 Å².